The minimum absolute atomic E-state index is 0.719. The normalized spacial score (nSPS) is 24.2. The van der Waals surface area contributed by atoms with E-state index in [4.69, 9.17) is 0 Å². The van der Waals surface area contributed by atoms with E-state index in [2.05, 4.69) is 20.5 Å². The van der Waals surface area contributed by atoms with Gasteiger partial charge in [0.25, 0.3) is 0 Å². The van der Waals surface area contributed by atoms with Crippen molar-refractivity contribution in [1.82, 2.24) is 15.5 Å². The highest BCUT2D eigenvalue weighted by molar-refractivity contribution is 8.14. The van der Waals surface area contributed by atoms with Crippen molar-refractivity contribution in [3.05, 3.63) is 24.0 Å². The summed E-state index contributed by atoms with van der Waals surface area (Å²) in [5, 5.41) is 13.0. The summed E-state index contributed by atoms with van der Waals surface area (Å²) >= 11 is 1.89. The van der Waals surface area contributed by atoms with Gasteiger partial charge >= 0.3 is 0 Å². The third-order valence-corrected chi connectivity index (χ3v) is 4.21. The summed E-state index contributed by atoms with van der Waals surface area (Å²) in [6.45, 7) is 1.70. The van der Waals surface area contributed by atoms with Crippen LogP contribution in [0, 0.1) is 5.92 Å². The van der Waals surface area contributed by atoms with Gasteiger partial charge < -0.3 is 5.32 Å². The number of aromatic nitrogens is 2. The quantitative estimate of drug-likeness (QED) is 0.860. The SMILES string of the molecule is c1cnnc(CNC2=NCC(C3CC3)S2)c1. The first kappa shape index (κ1) is 10.1. The highest BCUT2D eigenvalue weighted by Gasteiger charge is 2.35. The second kappa shape index (κ2) is 4.41. The molecule has 2 aliphatic rings. The molecular weight excluding hydrogens is 220 g/mol. The van der Waals surface area contributed by atoms with Crippen molar-refractivity contribution in [1.29, 1.82) is 0 Å². The Morgan fingerprint density at radius 3 is 3.12 bits per heavy atom. The molecule has 1 fully saturated rings. The Kier molecular flexibility index (Phi) is 2.78. The van der Waals surface area contributed by atoms with Gasteiger partial charge in [-0.15, -0.1) is 0 Å². The zero-order chi connectivity index (χ0) is 10.8. The van der Waals surface area contributed by atoms with Crippen molar-refractivity contribution in [2.24, 2.45) is 10.9 Å². The van der Waals surface area contributed by atoms with Gasteiger partial charge in [0.2, 0.25) is 0 Å². The molecule has 1 saturated carbocycles. The lowest BCUT2D eigenvalue weighted by molar-refractivity contribution is 0.771. The zero-order valence-corrected chi connectivity index (χ0v) is 9.78. The van der Waals surface area contributed by atoms with E-state index >= 15 is 0 Å². The van der Waals surface area contributed by atoms with Crippen LogP contribution < -0.4 is 5.32 Å². The first-order valence-electron chi connectivity index (χ1n) is 5.63. The van der Waals surface area contributed by atoms with Gasteiger partial charge in [-0.3, -0.25) is 4.99 Å². The fourth-order valence-electron chi connectivity index (χ4n) is 1.80. The fourth-order valence-corrected chi connectivity index (χ4v) is 3.00. The van der Waals surface area contributed by atoms with E-state index in [9.17, 15) is 0 Å². The maximum absolute atomic E-state index is 4.51. The molecule has 1 atom stereocenters. The molecule has 1 unspecified atom stereocenters. The molecular formula is C11H14N4S. The van der Waals surface area contributed by atoms with E-state index in [0.29, 0.717) is 0 Å². The van der Waals surface area contributed by atoms with Gasteiger partial charge in [-0.2, -0.15) is 10.2 Å². The molecule has 4 nitrogen and oxygen atoms in total. The van der Waals surface area contributed by atoms with Gasteiger partial charge in [0.1, 0.15) is 0 Å². The van der Waals surface area contributed by atoms with E-state index in [1.165, 1.54) is 12.8 Å². The lowest BCUT2D eigenvalue weighted by atomic mass is 10.3. The van der Waals surface area contributed by atoms with Crippen LogP contribution in [0.5, 0.6) is 0 Å². The molecule has 1 aromatic rings. The number of hydrogen-bond donors (Lipinski definition) is 1. The average molecular weight is 234 g/mol. The maximum atomic E-state index is 4.51. The van der Waals surface area contributed by atoms with Crippen LogP contribution in [0.1, 0.15) is 18.5 Å². The third kappa shape index (κ3) is 2.35. The second-order valence-corrected chi connectivity index (χ2v) is 5.44. The molecule has 0 amide bonds. The van der Waals surface area contributed by atoms with Crippen LogP contribution >= 0.6 is 11.8 Å². The highest BCUT2D eigenvalue weighted by atomic mass is 32.2. The summed E-state index contributed by atoms with van der Waals surface area (Å²) in [4.78, 5) is 4.51. The number of rotatable bonds is 3. The summed E-state index contributed by atoms with van der Waals surface area (Å²) in [5.74, 6) is 0.921. The zero-order valence-electron chi connectivity index (χ0n) is 8.97. The molecule has 0 radical (unpaired) electrons. The smallest absolute Gasteiger partial charge is 0.157 e. The van der Waals surface area contributed by atoms with Crippen molar-refractivity contribution < 1.29 is 0 Å². The Morgan fingerprint density at radius 1 is 1.44 bits per heavy atom. The molecule has 0 bridgehead atoms. The number of nitrogens with one attached hydrogen (secondary N) is 1. The molecule has 84 valence electrons. The Hall–Kier alpha value is -1.10. The lowest BCUT2D eigenvalue weighted by Gasteiger charge is -2.06. The van der Waals surface area contributed by atoms with Crippen LogP contribution in [0.2, 0.25) is 0 Å². The summed E-state index contributed by atoms with van der Waals surface area (Å²) in [6, 6.07) is 3.87. The Morgan fingerprint density at radius 2 is 2.38 bits per heavy atom. The Labute approximate surface area is 99.0 Å². The topological polar surface area (TPSA) is 50.2 Å². The Bertz CT molecular complexity index is 388. The van der Waals surface area contributed by atoms with E-state index in [1.54, 1.807) is 6.20 Å². The Balaban J connectivity index is 1.49. The van der Waals surface area contributed by atoms with Crippen molar-refractivity contribution in [2.45, 2.75) is 24.6 Å². The van der Waals surface area contributed by atoms with E-state index < -0.39 is 0 Å². The van der Waals surface area contributed by atoms with Crippen LogP contribution in [-0.4, -0.2) is 27.2 Å². The molecule has 2 heterocycles. The van der Waals surface area contributed by atoms with Gasteiger partial charge in [0.05, 0.1) is 18.8 Å². The average Bonchev–Trinajstić information content (AvgIpc) is 3.08. The molecule has 1 aromatic heterocycles. The summed E-state index contributed by atoms with van der Waals surface area (Å²) in [7, 11) is 0. The van der Waals surface area contributed by atoms with Crippen LogP contribution in [-0.2, 0) is 6.54 Å². The minimum Gasteiger partial charge on any atom is -0.359 e. The standard InChI is InChI=1S/C11H14N4S/c1-2-9(15-14-5-1)6-12-11-13-7-10(16-11)8-3-4-8/h1-2,5,8,10H,3-4,6-7H2,(H,12,13). The third-order valence-electron chi connectivity index (χ3n) is 2.87. The van der Waals surface area contributed by atoms with Gasteiger partial charge in [-0.05, 0) is 30.9 Å². The number of aliphatic imine (C=N–C) groups is 1. The van der Waals surface area contributed by atoms with Gasteiger partial charge in [-0.1, -0.05) is 11.8 Å². The number of hydrogen-bond acceptors (Lipinski definition) is 5. The van der Waals surface area contributed by atoms with E-state index in [1.807, 2.05) is 23.9 Å². The van der Waals surface area contributed by atoms with Crippen molar-refractivity contribution in [2.75, 3.05) is 6.54 Å². The second-order valence-electron chi connectivity index (χ2n) is 4.21. The first-order valence-corrected chi connectivity index (χ1v) is 6.51. The summed E-state index contributed by atoms with van der Waals surface area (Å²) in [5.41, 5.74) is 0.959. The predicted octanol–water partition coefficient (Wildman–Crippen LogP) is 1.45. The summed E-state index contributed by atoms with van der Waals surface area (Å²) in [6.07, 6.45) is 4.48. The van der Waals surface area contributed by atoms with Crippen LogP contribution in [0.25, 0.3) is 0 Å². The van der Waals surface area contributed by atoms with Gasteiger partial charge in [0, 0.05) is 11.4 Å². The molecule has 3 rings (SSSR count). The lowest BCUT2D eigenvalue weighted by Crippen LogP contribution is -2.20. The first-order chi connectivity index (χ1) is 7.92. The summed E-state index contributed by atoms with van der Waals surface area (Å²) < 4.78 is 0. The molecule has 1 aliphatic carbocycles. The van der Waals surface area contributed by atoms with Gasteiger partial charge in [-0.25, -0.2) is 0 Å². The fraction of sp³-hybridized carbons (Fsp3) is 0.545. The predicted molar refractivity (Wildman–Crippen MR) is 65.3 cm³/mol. The highest BCUT2D eigenvalue weighted by Crippen LogP contribution is 2.41. The van der Waals surface area contributed by atoms with Crippen LogP contribution in [0.4, 0.5) is 0 Å². The molecule has 0 spiro atoms. The van der Waals surface area contributed by atoms with Crippen molar-refractivity contribution >= 4 is 16.9 Å². The molecule has 16 heavy (non-hydrogen) atoms. The van der Waals surface area contributed by atoms with E-state index in [0.717, 1.165) is 35.1 Å². The van der Waals surface area contributed by atoms with Crippen molar-refractivity contribution in [3.8, 4) is 0 Å². The monoisotopic (exact) mass is 234 g/mol. The number of amidine groups is 1. The molecule has 5 heteroatoms. The number of nitrogens with zero attached hydrogens (tertiary/aromatic N) is 3. The molecule has 0 aromatic carbocycles. The van der Waals surface area contributed by atoms with Crippen LogP contribution in [0.3, 0.4) is 0 Å². The van der Waals surface area contributed by atoms with Crippen molar-refractivity contribution in [3.63, 3.8) is 0 Å². The van der Waals surface area contributed by atoms with Gasteiger partial charge in [0.15, 0.2) is 5.17 Å². The number of thioether (sulfide) groups is 1. The molecule has 0 saturated heterocycles. The van der Waals surface area contributed by atoms with Crippen LogP contribution in [0.15, 0.2) is 23.3 Å². The molecule has 1 N–H and O–H groups in total. The van der Waals surface area contributed by atoms with E-state index in [-0.39, 0.29) is 0 Å². The largest absolute Gasteiger partial charge is 0.359 e. The maximum Gasteiger partial charge on any atom is 0.157 e. The molecule has 1 aliphatic heterocycles. The minimum atomic E-state index is 0.719.